The molecule has 4 atom stereocenters. The molecule has 1 N–H and O–H groups in total. The van der Waals surface area contributed by atoms with E-state index in [9.17, 15) is 4.39 Å². The number of halogens is 1. The lowest BCUT2D eigenvalue weighted by Crippen LogP contribution is -2.56. The third-order valence-corrected chi connectivity index (χ3v) is 4.31. The van der Waals surface area contributed by atoms with Gasteiger partial charge in [0.15, 0.2) is 0 Å². The van der Waals surface area contributed by atoms with Crippen LogP contribution in [-0.4, -0.2) is 54.5 Å². The van der Waals surface area contributed by atoms with Crippen LogP contribution in [0.2, 0.25) is 0 Å². The van der Waals surface area contributed by atoms with Crippen LogP contribution in [0, 0.1) is 0 Å². The quantitative estimate of drug-likeness (QED) is 0.853. The monoisotopic (exact) mass is 272 g/mol. The number of hydrogen-bond donors (Lipinski definition) is 1. The Labute approximate surface area is 116 Å². The van der Waals surface area contributed by atoms with Crippen LogP contribution in [0.3, 0.4) is 0 Å². The predicted octanol–water partition coefficient (Wildman–Crippen LogP) is 2.35. The van der Waals surface area contributed by atoms with Gasteiger partial charge in [-0.05, 0) is 33.1 Å². The Balaban J connectivity index is 1.87. The molecule has 4 heteroatoms. The number of nitrogens with one attached hydrogen (secondary N) is 1. The summed E-state index contributed by atoms with van der Waals surface area (Å²) in [5, 5.41) is 3.35. The lowest BCUT2D eigenvalue weighted by molar-refractivity contribution is -0.0742. The van der Waals surface area contributed by atoms with E-state index >= 15 is 0 Å². The Hall–Kier alpha value is -0.190. The average molecular weight is 272 g/mol. The second-order valence-corrected chi connectivity index (χ2v) is 6.61. The van der Waals surface area contributed by atoms with Gasteiger partial charge in [0.05, 0.1) is 12.2 Å². The molecule has 0 aliphatic carbocycles. The average Bonchev–Trinajstić information content (AvgIpc) is 2.30. The number of likely N-dealkylation sites (tertiary alicyclic amines) is 1. The van der Waals surface area contributed by atoms with E-state index in [0.717, 1.165) is 25.8 Å². The molecule has 2 rings (SSSR count). The molecule has 0 aromatic carbocycles. The summed E-state index contributed by atoms with van der Waals surface area (Å²) in [7, 11) is 0. The molecule has 0 spiro atoms. The van der Waals surface area contributed by atoms with E-state index in [4.69, 9.17) is 4.74 Å². The minimum Gasteiger partial charge on any atom is -0.375 e. The van der Waals surface area contributed by atoms with Crippen molar-refractivity contribution in [3.8, 4) is 0 Å². The van der Waals surface area contributed by atoms with Crippen molar-refractivity contribution in [3.63, 3.8) is 0 Å². The maximum Gasteiger partial charge on any atom is 0.128 e. The van der Waals surface area contributed by atoms with Gasteiger partial charge in [-0.3, -0.25) is 4.90 Å². The standard InChI is InChI=1S/C15H29FN2O/c1-10(2)17-15-5-6-18(9-14(15)16)13-7-11(3)19-12(4)8-13/h10-15,17H,5-9H2,1-4H3. The van der Waals surface area contributed by atoms with E-state index in [1.54, 1.807) is 0 Å². The summed E-state index contributed by atoms with van der Waals surface area (Å²) in [6.45, 7) is 10.0. The van der Waals surface area contributed by atoms with Crippen molar-refractivity contribution < 1.29 is 9.13 Å². The minimum atomic E-state index is -0.746. The Bertz CT molecular complexity index is 277. The van der Waals surface area contributed by atoms with Crippen molar-refractivity contribution in [2.24, 2.45) is 0 Å². The molecule has 2 saturated heterocycles. The van der Waals surface area contributed by atoms with Crippen LogP contribution in [0.4, 0.5) is 4.39 Å². The van der Waals surface area contributed by atoms with Gasteiger partial charge in [-0.1, -0.05) is 13.8 Å². The maximum absolute atomic E-state index is 14.3. The van der Waals surface area contributed by atoms with Gasteiger partial charge in [0, 0.05) is 31.2 Å². The number of piperidine rings is 1. The highest BCUT2D eigenvalue weighted by molar-refractivity contribution is 4.91. The molecular formula is C15H29FN2O. The highest BCUT2D eigenvalue weighted by Crippen LogP contribution is 2.27. The van der Waals surface area contributed by atoms with Gasteiger partial charge in [0.25, 0.3) is 0 Å². The third kappa shape index (κ3) is 4.14. The molecule has 0 bridgehead atoms. The number of nitrogens with zero attached hydrogens (tertiary/aromatic N) is 1. The highest BCUT2D eigenvalue weighted by atomic mass is 19.1. The largest absolute Gasteiger partial charge is 0.375 e. The molecule has 2 fully saturated rings. The summed E-state index contributed by atoms with van der Waals surface area (Å²) in [6, 6.07) is 0.890. The van der Waals surface area contributed by atoms with Crippen LogP contribution >= 0.6 is 0 Å². The van der Waals surface area contributed by atoms with Crippen LogP contribution < -0.4 is 5.32 Å². The van der Waals surface area contributed by atoms with Gasteiger partial charge >= 0.3 is 0 Å². The van der Waals surface area contributed by atoms with Crippen LogP contribution in [0.25, 0.3) is 0 Å². The number of ether oxygens (including phenoxy) is 1. The van der Waals surface area contributed by atoms with E-state index in [0.29, 0.717) is 30.8 Å². The van der Waals surface area contributed by atoms with Crippen LogP contribution in [0.5, 0.6) is 0 Å². The Kier molecular flexibility index (Phi) is 5.21. The number of alkyl halides is 1. The van der Waals surface area contributed by atoms with E-state index in [2.05, 4.69) is 37.9 Å². The summed E-state index contributed by atoms with van der Waals surface area (Å²) < 4.78 is 20.0. The first-order chi connectivity index (χ1) is 8.95. The van der Waals surface area contributed by atoms with E-state index in [1.807, 2.05) is 0 Å². The molecule has 0 saturated carbocycles. The molecule has 19 heavy (non-hydrogen) atoms. The second kappa shape index (κ2) is 6.51. The summed E-state index contributed by atoms with van der Waals surface area (Å²) in [6.07, 6.45) is 2.86. The number of rotatable bonds is 3. The van der Waals surface area contributed by atoms with Gasteiger partial charge < -0.3 is 10.1 Å². The van der Waals surface area contributed by atoms with E-state index in [1.165, 1.54) is 0 Å². The summed E-state index contributed by atoms with van der Waals surface area (Å²) in [5.74, 6) is 0. The molecule has 4 unspecified atom stereocenters. The SMILES string of the molecule is CC(C)NC1CCN(C2CC(C)OC(C)C2)CC1F. The second-order valence-electron chi connectivity index (χ2n) is 6.61. The van der Waals surface area contributed by atoms with Crippen LogP contribution in [-0.2, 0) is 4.74 Å². The molecule has 112 valence electrons. The van der Waals surface area contributed by atoms with Crippen molar-refractivity contribution in [2.75, 3.05) is 13.1 Å². The van der Waals surface area contributed by atoms with Gasteiger partial charge in [-0.2, -0.15) is 0 Å². The van der Waals surface area contributed by atoms with Crippen LogP contribution in [0.1, 0.15) is 47.0 Å². The molecule has 0 radical (unpaired) electrons. The summed E-state index contributed by atoms with van der Waals surface area (Å²) >= 11 is 0. The number of hydrogen-bond acceptors (Lipinski definition) is 3. The molecule has 3 nitrogen and oxygen atoms in total. The fraction of sp³-hybridized carbons (Fsp3) is 1.00. The molecule has 0 aromatic rings. The zero-order chi connectivity index (χ0) is 14.0. The van der Waals surface area contributed by atoms with Gasteiger partial charge in [0.1, 0.15) is 6.17 Å². The third-order valence-electron chi connectivity index (χ3n) is 4.31. The van der Waals surface area contributed by atoms with Gasteiger partial charge in [-0.25, -0.2) is 4.39 Å². The molecule has 2 aliphatic rings. The predicted molar refractivity (Wildman–Crippen MR) is 76.2 cm³/mol. The Morgan fingerprint density at radius 3 is 2.37 bits per heavy atom. The van der Waals surface area contributed by atoms with Crippen molar-refractivity contribution in [3.05, 3.63) is 0 Å². The molecule has 0 amide bonds. The normalized spacial score (nSPS) is 41.7. The fourth-order valence-corrected chi connectivity index (χ4v) is 3.54. The van der Waals surface area contributed by atoms with E-state index in [-0.39, 0.29) is 6.04 Å². The van der Waals surface area contributed by atoms with Gasteiger partial charge in [-0.15, -0.1) is 0 Å². The summed E-state index contributed by atoms with van der Waals surface area (Å²) in [4.78, 5) is 2.35. The van der Waals surface area contributed by atoms with Gasteiger partial charge in [0.2, 0.25) is 0 Å². The van der Waals surface area contributed by atoms with Crippen LogP contribution in [0.15, 0.2) is 0 Å². The first-order valence-electron chi connectivity index (χ1n) is 7.75. The molecule has 0 aromatic heterocycles. The Morgan fingerprint density at radius 2 is 1.84 bits per heavy atom. The fourth-order valence-electron chi connectivity index (χ4n) is 3.54. The smallest absolute Gasteiger partial charge is 0.128 e. The molecule has 2 aliphatic heterocycles. The van der Waals surface area contributed by atoms with Crippen molar-refractivity contribution in [2.45, 2.75) is 83.5 Å². The topological polar surface area (TPSA) is 24.5 Å². The molecule has 2 heterocycles. The van der Waals surface area contributed by atoms with Crippen molar-refractivity contribution in [1.82, 2.24) is 10.2 Å². The first-order valence-corrected chi connectivity index (χ1v) is 7.75. The first kappa shape index (κ1) is 15.2. The van der Waals surface area contributed by atoms with Crippen molar-refractivity contribution in [1.29, 1.82) is 0 Å². The maximum atomic E-state index is 14.3. The lowest BCUT2D eigenvalue weighted by Gasteiger charge is -2.44. The lowest BCUT2D eigenvalue weighted by atomic mass is 9.94. The highest BCUT2D eigenvalue weighted by Gasteiger charge is 2.35. The zero-order valence-electron chi connectivity index (χ0n) is 12.7. The Morgan fingerprint density at radius 1 is 1.21 bits per heavy atom. The molecular weight excluding hydrogens is 243 g/mol. The minimum absolute atomic E-state index is 0.0333. The van der Waals surface area contributed by atoms with Crippen molar-refractivity contribution >= 4 is 0 Å². The summed E-state index contributed by atoms with van der Waals surface area (Å²) in [5.41, 5.74) is 0. The van der Waals surface area contributed by atoms with E-state index < -0.39 is 6.17 Å². The zero-order valence-corrected chi connectivity index (χ0v) is 12.7.